The number of aromatic nitrogens is 2. The van der Waals surface area contributed by atoms with Crippen LogP contribution in [0.1, 0.15) is 127 Å². The number of benzene rings is 4. The summed E-state index contributed by atoms with van der Waals surface area (Å²) in [5, 5.41) is 24.0. The molecule has 5 nitrogen and oxygen atoms in total. The second kappa shape index (κ2) is 13.8. The summed E-state index contributed by atoms with van der Waals surface area (Å²) < 4.78 is 16.8. The number of aromatic hydroxyl groups is 1. The van der Waals surface area contributed by atoms with Gasteiger partial charge in [-0.05, 0) is 131 Å². The van der Waals surface area contributed by atoms with Crippen LogP contribution in [0.15, 0.2) is 16.5 Å². The molecule has 4 heterocycles. The van der Waals surface area contributed by atoms with E-state index < -0.39 is 10.8 Å². The number of hydrogen-bond acceptors (Lipinski definition) is 6. The summed E-state index contributed by atoms with van der Waals surface area (Å²) in [5.74, 6) is 8.23. The maximum absolute atomic E-state index is 14.6. The fourth-order valence-electron chi connectivity index (χ4n) is 12.8. The van der Waals surface area contributed by atoms with Gasteiger partial charge >= 0.3 is 0 Å². The lowest BCUT2D eigenvalue weighted by Crippen LogP contribution is -2.36. The first kappa shape index (κ1) is 38.0. The number of rotatable bonds is 14. The van der Waals surface area contributed by atoms with Crippen LogP contribution >= 0.6 is 23.1 Å². The van der Waals surface area contributed by atoms with Crippen molar-refractivity contribution in [3.8, 4) is 5.75 Å². The smallest absolute Gasteiger partial charge is 0.180 e. The lowest BCUT2D eigenvalue weighted by molar-refractivity contribution is 0.0959. The third kappa shape index (κ3) is 5.34. The Labute approximate surface area is 352 Å². The van der Waals surface area contributed by atoms with Crippen LogP contribution in [0.3, 0.4) is 0 Å². The summed E-state index contributed by atoms with van der Waals surface area (Å²) in [6.07, 6.45) is 11.8. The fraction of sp³-hybridized carbons (Fsp3) is 0.560. The number of ketones is 1. The topological polar surface area (TPSA) is 83.1 Å². The number of H-pyrrole nitrogens is 1. The van der Waals surface area contributed by atoms with Gasteiger partial charge in [-0.2, -0.15) is 11.8 Å². The van der Waals surface area contributed by atoms with Crippen LogP contribution in [0, 0.1) is 47.3 Å². The molecule has 1 saturated carbocycles. The predicted octanol–water partition coefficient (Wildman–Crippen LogP) is 12.7. The normalized spacial score (nSPS) is 24.7. The molecule has 304 valence electrons. The van der Waals surface area contributed by atoms with Gasteiger partial charge in [0.25, 0.3) is 0 Å². The van der Waals surface area contributed by atoms with Crippen molar-refractivity contribution in [2.45, 2.75) is 116 Å². The van der Waals surface area contributed by atoms with Crippen molar-refractivity contribution in [1.82, 2.24) is 9.97 Å². The highest BCUT2D eigenvalue weighted by Gasteiger charge is 2.46. The fourth-order valence-corrected chi connectivity index (χ4v) is 17.2. The van der Waals surface area contributed by atoms with Crippen molar-refractivity contribution >= 4 is 109 Å². The van der Waals surface area contributed by atoms with Crippen LogP contribution in [0.25, 0.3) is 69.8 Å². The van der Waals surface area contributed by atoms with E-state index in [0.29, 0.717) is 35.8 Å². The van der Waals surface area contributed by atoms with Gasteiger partial charge in [0, 0.05) is 61.8 Å². The zero-order valence-electron chi connectivity index (χ0n) is 35.3. The molecule has 4 aliphatic rings. The molecule has 8 heteroatoms. The first-order valence-electron chi connectivity index (χ1n) is 22.5. The van der Waals surface area contributed by atoms with E-state index in [2.05, 4.69) is 71.4 Å². The number of carbonyl (C=O) groups excluding carboxylic acids is 1. The molecule has 8 unspecified atom stereocenters. The Morgan fingerprint density at radius 1 is 0.983 bits per heavy atom. The quantitative estimate of drug-likeness (QED) is 0.0842. The minimum absolute atomic E-state index is 0.0668. The Kier molecular flexibility index (Phi) is 9.04. The zero-order chi connectivity index (χ0) is 40.0. The number of nitrogens with zero attached hydrogens (tertiary/aromatic N) is 1. The van der Waals surface area contributed by atoms with Gasteiger partial charge in [0.2, 0.25) is 0 Å². The van der Waals surface area contributed by atoms with Crippen LogP contribution < -0.4 is 5.22 Å². The minimum atomic E-state index is -1.15. The summed E-state index contributed by atoms with van der Waals surface area (Å²) >= 11 is 3.76. The average molecular weight is 831 g/mol. The molecule has 4 aromatic carbocycles. The average Bonchev–Trinajstić information content (AvgIpc) is 3.93. The number of hydrogen-bond donors (Lipinski definition) is 2. The van der Waals surface area contributed by atoms with E-state index in [0.717, 1.165) is 95.5 Å². The molecule has 7 aromatic rings. The molecule has 0 spiro atoms. The first-order chi connectivity index (χ1) is 27.9. The van der Waals surface area contributed by atoms with E-state index >= 15 is 0 Å². The zero-order valence-corrected chi connectivity index (χ0v) is 37.7. The molecule has 11 rings (SSSR count). The van der Waals surface area contributed by atoms with E-state index in [-0.39, 0.29) is 23.4 Å². The molecule has 3 aliphatic carbocycles. The molecule has 0 amide bonds. The number of Topliss-reactive ketones (excluding diaryl/α,β-unsaturated/α-hetero) is 1. The van der Waals surface area contributed by atoms with Crippen molar-refractivity contribution < 1.29 is 14.1 Å². The molecular weight excluding hydrogens is 773 g/mol. The number of pyridine rings is 1. The number of nitrogens with one attached hydrogen (secondary N) is 1. The highest BCUT2D eigenvalue weighted by molar-refractivity contribution is 7.99. The number of carbonyl (C=O) groups is 1. The number of thioether (sulfide) groups is 1. The van der Waals surface area contributed by atoms with Crippen LogP contribution in [0.5, 0.6) is 5.75 Å². The largest absolute Gasteiger partial charge is 0.507 e. The number of aryl methyl sites for hydroxylation is 1. The number of aromatic amines is 1. The lowest BCUT2D eigenvalue weighted by atomic mass is 9.64. The number of phenolic OH excluding ortho intramolecular Hbond substituents is 1. The van der Waals surface area contributed by atoms with Crippen molar-refractivity contribution in [1.29, 1.82) is 0 Å². The van der Waals surface area contributed by atoms with Gasteiger partial charge < -0.3 is 10.1 Å². The number of thiophene rings is 1. The van der Waals surface area contributed by atoms with Crippen molar-refractivity contribution in [3.63, 3.8) is 0 Å². The highest BCUT2D eigenvalue weighted by atomic mass is 32.2. The molecule has 0 bridgehead atoms. The molecule has 1 aliphatic heterocycles. The molecular formula is C50H58N2O3S3. The lowest BCUT2D eigenvalue weighted by Gasteiger charge is -2.40. The van der Waals surface area contributed by atoms with Gasteiger partial charge in [0.1, 0.15) is 9.96 Å². The van der Waals surface area contributed by atoms with Gasteiger partial charge in [-0.1, -0.05) is 61.3 Å². The van der Waals surface area contributed by atoms with E-state index in [1.807, 2.05) is 6.07 Å². The van der Waals surface area contributed by atoms with Crippen LogP contribution in [0.2, 0.25) is 0 Å². The maximum Gasteiger partial charge on any atom is 0.180 e. The Balaban J connectivity index is 1.16. The molecule has 2 N–H and O–H groups in total. The second-order valence-corrected chi connectivity index (χ2v) is 24.0. The van der Waals surface area contributed by atoms with Gasteiger partial charge in [0.05, 0.1) is 38.0 Å². The van der Waals surface area contributed by atoms with E-state index in [9.17, 15) is 14.1 Å². The van der Waals surface area contributed by atoms with Crippen LogP contribution in [-0.2, 0) is 17.2 Å². The third-order valence-corrected chi connectivity index (χ3v) is 20.4. The summed E-state index contributed by atoms with van der Waals surface area (Å²) in [6.45, 7) is 16.5. The molecule has 8 atom stereocenters. The minimum Gasteiger partial charge on any atom is -0.507 e. The Morgan fingerprint density at radius 3 is 2.57 bits per heavy atom. The number of phenols is 1. The Morgan fingerprint density at radius 2 is 1.79 bits per heavy atom. The summed E-state index contributed by atoms with van der Waals surface area (Å²) in [5.41, 5.74) is 6.43. The molecule has 0 radical (unpaired) electrons. The Hall–Kier alpha value is -2.94. The van der Waals surface area contributed by atoms with E-state index in [1.165, 1.54) is 81.1 Å². The van der Waals surface area contributed by atoms with E-state index in [4.69, 9.17) is 4.98 Å². The maximum atomic E-state index is 14.6. The Bertz CT molecular complexity index is 2880. The summed E-state index contributed by atoms with van der Waals surface area (Å²) in [6, 6.07) is 1.91. The van der Waals surface area contributed by atoms with Gasteiger partial charge in [-0.3, -0.25) is 14.0 Å². The van der Waals surface area contributed by atoms with Crippen molar-refractivity contribution in [2.75, 3.05) is 17.3 Å². The standard InChI is InChI=1S/C50H58N2O3S3/c1-8-24(6)13-25(7)27-10-9-26(14-27)15-30-31-16-35(54)49-45-38(31)43-39-32(30)21-58(55)50-47(39)41-36(57-50)18-51-48-29(12-11-28(23(4)5)20-56-19-22(2)3)37-34(53)17-33(52-49)40(45)42(37)44(43)46(41)48/h17-18,22-28,30-31,52-53H,8-16,19-21H2,1-7H3. The SMILES string of the molecule is CCC(C)CC(C)C1CCC(CC2C3=c4c5c(sc6cnc7c(CCC(CSCC(C)C)C(C)C)c8c(O)cc9[nH]c%10c%11c(c4c(c7c65)c8c9%11)C2CC%10=O)S(=O)C3)C1. The molecule has 3 aromatic heterocycles. The second-order valence-electron chi connectivity index (χ2n) is 20.2. The van der Waals surface area contributed by atoms with Crippen molar-refractivity contribution in [2.24, 2.45) is 47.3 Å². The highest BCUT2D eigenvalue weighted by Crippen LogP contribution is 2.60. The van der Waals surface area contributed by atoms with E-state index in [1.54, 1.807) is 11.3 Å². The van der Waals surface area contributed by atoms with Gasteiger partial charge in [-0.15, -0.1) is 11.3 Å². The third-order valence-electron chi connectivity index (χ3n) is 15.9. The van der Waals surface area contributed by atoms with Gasteiger partial charge in [-0.25, -0.2) is 0 Å². The molecule has 0 saturated heterocycles. The van der Waals surface area contributed by atoms with Crippen molar-refractivity contribution in [3.05, 3.63) is 34.3 Å². The summed E-state index contributed by atoms with van der Waals surface area (Å²) in [7, 11) is -1.15. The molecule has 1 fully saturated rings. The van der Waals surface area contributed by atoms with Gasteiger partial charge in [0.15, 0.2) is 5.78 Å². The van der Waals surface area contributed by atoms with Crippen LogP contribution in [0.4, 0.5) is 0 Å². The predicted molar refractivity (Wildman–Crippen MR) is 248 cm³/mol. The first-order valence-corrected chi connectivity index (χ1v) is 25.8. The monoisotopic (exact) mass is 830 g/mol. The molecule has 58 heavy (non-hydrogen) atoms. The summed E-state index contributed by atoms with van der Waals surface area (Å²) in [4.78, 5) is 23.5. The van der Waals surface area contributed by atoms with Crippen LogP contribution in [-0.4, -0.2) is 42.3 Å².